The molecule has 0 aliphatic heterocycles. The van der Waals surface area contributed by atoms with Crippen molar-refractivity contribution in [3.8, 4) is 5.97 Å². The van der Waals surface area contributed by atoms with Crippen LogP contribution in [-0.4, -0.2) is 17.3 Å². The normalized spacial score (nSPS) is 8.29. The third-order valence-corrected chi connectivity index (χ3v) is 0.605. The van der Waals surface area contributed by atoms with Crippen LogP contribution >= 0.6 is 8.60 Å². The maximum atomic E-state index is 7.93. The lowest BCUT2D eigenvalue weighted by atomic mass is 10.1. The fraction of sp³-hybridized carbons (Fsp3) is 0. The van der Waals surface area contributed by atoms with Gasteiger partial charge in [0.2, 0.25) is 0 Å². The van der Waals surface area contributed by atoms with Gasteiger partial charge in [-0.05, 0) is 0 Å². The van der Waals surface area contributed by atoms with Crippen LogP contribution in [0, 0.1) is 11.2 Å². The Bertz CT molecular complexity index is 79.5. The lowest BCUT2D eigenvalue weighted by Crippen LogP contribution is -1.87. The molecule has 0 amide bonds. The molecule has 0 aliphatic rings. The molecule has 0 heterocycles. The van der Waals surface area contributed by atoms with Gasteiger partial charge in [0.25, 0.3) is 0 Å². The zero-order valence-electron chi connectivity index (χ0n) is 3.40. The Kier molecular flexibility index (Phi) is 3.96. The van der Waals surface area contributed by atoms with Crippen molar-refractivity contribution in [1.29, 1.82) is 5.26 Å². The van der Waals surface area contributed by atoms with E-state index in [1.165, 1.54) is 0 Å². The van der Waals surface area contributed by atoms with E-state index in [1.54, 1.807) is 5.97 Å². The first-order valence-corrected chi connectivity index (χ1v) is 2.61. The maximum absolute atomic E-state index is 7.93. The van der Waals surface area contributed by atoms with Crippen LogP contribution < -0.4 is 0 Å². The molecule has 0 saturated heterocycles. The van der Waals surface area contributed by atoms with Crippen LogP contribution in [0.1, 0.15) is 0 Å². The first kappa shape index (κ1) is 6.86. The minimum absolute atomic E-state index is 0.265. The molecule has 7 heavy (non-hydrogen) atoms. The van der Waals surface area contributed by atoms with Gasteiger partial charge in [-0.2, -0.15) is 0 Å². The molecular formula is CH3BNO3P. The summed E-state index contributed by atoms with van der Waals surface area (Å²) in [4.78, 5) is 15.9. The zero-order valence-corrected chi connectivity index (χ0v) is 4.30. The fourth-order valence-electron chi connectivity index (χ4n) is 0.0866. The average Bonchev–Trinajstić information content (AvgIpc) is 1.61. The summed E-state index contributed by atoms with van der Waals surface area (Å²) >= 11 is 0. The number of nitriles is 1. The molecule has 0 aromatic carbocycles. The van der Waals surface area contributed by atoms with Crippen molar-refractivity contribution >= 4 is 16.1 Å². The van der Waals surface area contributed by atoms with Gasteiger partial charge in [0.05, 0.1) is 0 Å². The van der Waals surface area contributed by atoms with E-state index >= 15 is 0 Å². The quantitative estimate of drug-likeness (QED) is 0.362. The highest BCUT2D eigenvalue weighted by Gasteiger charge is 1.96. The van der Waals surface area contributed by atoms with E-state index in [2.05, 4.69) is 4.44 Å². The van der Waals surface area contributed by atoms with E-state index < -0.39 is 8.60 Å². The van der Waals surface area contributed by atoms with Crippen LogP contribution in [0.15, 0.2) is 0 Å². The highest BCUT2D eigenvalue weighted by molar-refractivity contribution is 7.40. The van der Waals surface area contributed by atoms with Gasteiger partial charge in [-0.25, -0.2) is 5.26 Å². The molecule has 0 spiro atoms. The summed E-state index contributed by atoms with van der Waals surface area (Å²) in [5.74, 6) is 1.57. The van der Waals surface area contributed by atoms with Crippen molar-refractivity contribution in [3.05, 3.63) is 0 Å². The number of hydrogen-bond acceptors (Lipinski definition) is 4. The van der Waals surface area contributed by atoms with Crippen molar-refractivity contribution in [2.24, 2.45) is 0 Å². The Morgan fingerprint density at radius 3 is 2.43 bits per heavy atom. The predicted octanol–water partition coefficient (Wildman–Crippen LogP) is -0.953. The lowest BCUT2D eigenvalue weighted by molar-refractivity contribution is 0.386. The molecule has 0 aromatic rings. The van der Waals surface area contributed by atoms with E-state index in [9.17, 15) is 0 Å². The van der Waals surface area contributed by atoms with Crippen molar-refractivity contribution in [1.82, 2.24) is 0 Å². The Balaban J connectivity index is 2.86. The van der Waals surface area contributed by atoms with E-state index in [0.717, 1.165) is 0 Å². The minimum Gasteiger partial charge on any atom is -0.360 e. The molecule has 0 aromatic heterocycles. The third kappa shape index (κ3) is 5.86. The molecule has 0 saturated carbocycles. The fourth-order valence-corrected chi connectivity index (χ4v) is 0.260. The van der Waals surface area contributed by atoms with Crippen molar-refractivity contribution < 1.29 is 14.2 Å². The number of rotatable bonds is 2. The smallest absolute Gasteiger partial charge is 0.360 e. The molecule has 0 radical (unpaired) electrons. The van der Waals surface area contributed by atoms with E-state index in [1.807, 2.05) is 0 Å². The van der Waals surface area contributed by atoms with Crippen molar-refractivity contribution in [2.45, 2.75) is 0 Å². The Labute approximate surface area is 42.6 Å². The van der Waals surface area contributed by atoms with E-state index in [0.29, 0.717) is 0 Å². The standard InChI is InChI=1S/CH3BNO3P/c3-1-2-6-7(4)5/h2,4-5H. The Hall–Kier alpha value is -0.135. The summed E-state index contributed by atoms with van der Waals surface area (Å²) in [5.41, 5.74) is 0. The highest BCUT2D eigenvalue weighted by atomic mass is 31.2. The second kappa shape index (κ2) is 4.04. The topological polar surface area (TPSA) is 73.5 Å². The summed E-state index contributed by atoms with van der Waals surface area (Å²) in [6, 6.07) is 0. The van der Waals surface area contributed by atoms with Crippen molar-refractivity contribution in [2.75, 3.05) is 0 Å². The number of nitrogens with zero attached hydrogens (tertiary/aromatic N) is 1. The van der Waals surface area contributed by atoms with Crippen LogP contribution in [0.25, 0.3) is 0 Å². The van der Waals surface area contributed by atoms with Crippen LogP contribution in [0.3, 0.4) is 0 Å². The van der Waals surface area contributed by atoms with Gasteiger partial charge >= 0.3 is 16.1 Å². The van der Waals surface area contributed by atoms with Gasteiger partial charge < -0.3 is 14.2 Å². The summed E-state index contributed by atoms with van der Waals surface area (Å²) < 4.78 is 4.01. The monoisotopic (exact) mass is 119 g/mol. The Morgan fingerprint density at radius 1 is 1.71 bits per heavy atom. The molecule has 0 rings (SSSR count). The van der Waals surface area contributed by atoms with Crippen LogP contribution in [0.4, 0.5) is 0 Å². The molecule has 6 heteroatoms. The van der Waals surface area contributed by atoms with E-state index in [-0.39, 0.29) is 7.48 Å². The van der Waals surface area contributed by atoms with Gasteiger partial charge in [-0.1, -0.05) is 0 Å². The van der Waals surface area contributed by atoms with E-state index in [4.69, 9.17) is 15.0 Å². The van der Waals surface area contributed by atoms with Crippen LogP contribution in [0.2, 0.25) is 0 Å². The molecule has 2 N–H and O–H groups in total. The maximum Gasteiger partial charge on any atom is 0.404 e. The molecule has 38 valence electrons. The first-order valence-electron chi connectivity index (χ1n) is 1.45. The van der Waals surface area contributed by atoms with Gasteiger partial charge in [0, 0.05) is 5.97 Å². The molecule has 0 atom stereocenters. The Morgan fingerprint density at radius 2 is 2.29 bits per heavy atom. The molecule has 0 aliphatic carbocycles. The largest absolute Gasteiger partial charge is 0.404 e. The van der Waals surface area contributed by atoms with Crippen molar-refractivity contribution in [3.63, 3.8) is 0 Å². The van der Waals surface area contributed by atoms with Crippen LogP contribution in [-0.2, 0) is 4.44 Å². The summed E-state index contributed by atoms with van der Waals surface area (Å²) in [6.07, 6.45) is 0. The van der Waals surface area contributed by atoms with Gasteiger partial charge in [0.1, 0.15) is 0 Å². The number of hydrogen-bond donors (Lipinski definition) is 2. The zero-order chi connectivity index (χ0) is 5.70. The summed E-state index contributed by atoms with van der Waals surface area (Å²) in [6.45, 7) is 0. The first-order chi connectivity index (χ1) is 3.27. The average molecular weight is 119 g/mol. The molecule has 0 fully saturated rings. The van der Waals surface area contributed by atoms with Gasteiger partial charge in [-0.15, -0.1) is 0 Å². The second-order valence-corrected chi connectivity index (χ2v) is 1.45. The molecule has 0 bridgehead atoms. The predicted molar refractivity (Wildman–Crippen MR) is 25.2 cm³/mol. The van der Waals surface area contributed by atoms with Gasteiger partial charge in [-0.3, -0.25) is 0 Å². The summed E-state index contributed by atoms with van der Waals surface area (Å²) in [5, 5.41) is 7.73. The molecular weight excluding hydrogens is 116 g/mol. The SMILES string of the molecule is N#CBOP(O)O. The van der Waals surface area contributed by atoms with Crippen LogP contribution in [0.5, 0.6) is 0 Å². The molecule has 0 unspecified atom stereocenters. The van der Waals surface area contributed by atoms with Gasteiger partial charge in [0.15, 0.2) is 0 Å². The lowest BCUT2D eigenvalue weighted by Gasteiger charge is -1.93. The highest BCUT2D eigenvalue weighted by Crippen LogP contribution is 2.22. The summed E-state index contributed by atoms with van der Waals surface area (Å²) in [7, 11) is -2.59. The third-order valence-electron chi connectivity index (χ3n) is 0.245. The minimum atomic E-state index is -2.33. The second-order valence-electron chi connectivity index (χ2n) is 0.684. The molecule has 4 nitrogen and oxygen atoms in total.